The zero-order chi connectivity index (χ0) is 19.6. The first-order valence-corrected chi connectivity index (χ1v) is 8.05. The summed E-state index contributed by atoms with van der Waals surface area (Å²) in [7, 11) is 1.70. The number of para-hydroxylation sites is 3. The van der Waals surface area contributed by atoms with Crippen molar-refractivity contribution in [2.75, 3.05) is 10.6 Å². The summed E-state index contributed by atoms with van der Waals surface area (Å²) < 4.78 is 3.05. The first-order chi connectivity index (χ1) is 12.9. The second-order valence-corrected chi connectivity index (χ2v) is 5.79. The number of benzene rings is 2. The fraction of sp³-hybridized carbons (Fsp3) is 0.111. The van der Waals surface area contributed by atoms with Crippen molar-refractivity contribution in [3.05, 3.63) is 80.8 Å². The highest BCUT2D eigenvalue weighted by atomic mass is 16.6. The summed E-state index contributed by atoms with van der Waals surface area (Å²) in [6.45, 7) is 1.70. The molecular weight excluding hydrogens is 350 g/mol. The Balaban J connectivity index is 1.90. The van der Waals surface area contributed by atoms with Gasteiger partial charge in [0.1, 0.15) is 11.4 Å². The molecule has 0 aliphatic rings. The summed E-state index contributed by atoms with van der Waals surface area (Å²) in [4.78, 5) is 35.5. The summed E-state index contributed by atoms with van der Waals surface area (Å²) >= 11 is 0. The molecule has 0 fully saturated rings. The lowest BCUT2D eigenvalue weighted by Gasteiger charge is -2.07. The fourth-order valence-corrected chi connectivity index (χ4v) is 2.72. The van der Waals surface area contributed by atoms with Crippen molar-refractivity contribution in [2.24, 2.45) is 7.05 Å². The summed E-state index contributed by atoms with van der Waals surface area (Å²) in [6.07, 6.45) is 0. The maximum absolute atomic E-state index is 12.8. The maximum Gasteiger partial charge on any atom is 0.324 e. The SMILES string of the molecule is Cc1c(NC(=O)Nc2ccccc2[N+](=O)[O-])c(=O)n(-c2ccccc2)n1C. The van der Waals surface area contributed by atoms with Gasteiger partial charge in [-0.3, -0.25) is 19.6 Å². The average molecular weight is 367 g/mol. The van der Waals surface area contributed by atoms with Crippen molar-refractivity contribution in [1.29, 1.82) is 0 Å². The van der Waals surface area contributed by atoms with Crippen LogP contribution in [0.5, 0.6) is 0 Å². The second-order valence-electron chi connectivity index (χ2n) is 5.79. The average Bonchev–Trinajstić information content (AvgIpc) is 2.86. The number of nitro groups is 1. The van der Waals surface area contributed by atoms with Crippen LogP contribution >= 0.6 is 0 Å². The van der Waals surface area contributed by atoms with Gasteiger partial charge in [0, 0.05) is 13.1 Å². The minimum Gasteiger partial charge on any atom is -0.302 e. The zero-order valence-electron chi connectivity index (χ0n) is 14.7. The zero-order valence-corrected chi connectivity index (χ0v) is 14.7. The van der Waals surface area contributed by atoms with Crippen LogP contribution in [0.2, 0.25) is 0 Å². The Kier molecular flexibility index (Phi) is 4.75. The van der Waals surface area contributed by atoms with E-state index in [9.17, 15) is 19.7 Å². The van der Waals surface area contributed by atoms with E-state index in [1.807, 2.05) is 6.07 Å². The van der Waals surface area contributed by atoms with Crippen molar-refractivity contribution >= 4 is 23.1 Å². The Morgan fingerprint density at radius 1 is 1.04 bits per heavy atom. The molecule has 0 spiro atoms. The third-order valence-electron chi connectivity index (χ3n) is 4.14. The Hall–Kier alpha value is -3.88. The number of nitrogens with one attached hydrogen (secondary N) is 2. The van der Waals surface area contributed by atoms with Crippen LogP contribution < -0.4 is 16.2 Å². The van der Waals surface area contributed by atoms with Crippen molar-refractivity contribution in [3.63, 3.8) is 0 Å². The van der Waals surface area contributed by atoms with Gasteiger partial charge in [-0.05, 0) is 25.1 Å². The minimum absolute atomic E-state index is 0.0389. The summed E-state index contributed by atoms with van der Waals surface area (Å²) in [6, 6.07) is 14.0. The smallest absolute Gasteiger partial charge is 0.302 e. The van der Waals surface area contributed by atoms with E-state index in [4.69, 9.17) is 0 Å². The molecule has 2 aromatic carbocycles. The topological polar surface area (TPSA) is 111 Å². The Labute approximate surface area is 154 Å². The van der Waals surface area contributed by atoms with Crippen LogP contribution in [0.15, 0.2) is 59.4 Å². The number of hydrogen-bond donors (Lipinski definition) is 2. The molecule has 1 heterocycles. The lowest BCUT2D eigenvalue weighted by atomic mass is 10.3. The number of nitrogens with zero attached hydrogens (tertiary/aromatic N) is 3. The molecule has 0 saturated carbocycles. The molecule has 138 valence electrons. The van der Waals surface area contributed by atoms with Crippen LogP contribution in [0, 0.1) is 17.0 Å². The predicted octanol–water partition coefficient (Wildman–Crippen LogP) is 3.04. The van der Waals surface area contributed by atoms with Gasteiger partial charge >= 0.3 is 6.03 Å². The van der Waals surface area contributed by atoms with Crippen molar-refractivity contribution in [2.45, 2.75) is 6.92 Å². The van der Waals surface area contributed by atoms with E-state index in [1.165, 1.54) is 22.9 Å². The van der Waals surface area contributed by atoms with Gasteiger partial charge in [0.05, 0.1) is 16.3 Å². The lowest BCUT2D eigenvalue weighted by molar-refractivity contribution is -0.383. The summed E-state index contributed by atoms with van der Waals surface area (Å²) in [5, 5.41) is 16.0. The quantitative estimate of drug-likeness (QED) is 0.545. The standard InChI is InChI=1S/C18H17N5O4/c1-12-16(17(24)22(21(12)2)13-8-4-3-5-9-13)20-18(25)19-14-10-6-7-11-15(14)23(26)27/h3-11H,1-2H3,(H2,19,20,25). The number of rotatable bonds is 4. The Bertz CT molecular complexity index is 1070. The van der Waals surface area contributed by atoms with Gasteiger partial charge in [0.25, 0.3) is 11.2 Å². The van der Waals surface area contributed by atoms with Gasteiger partial charge in [0.15, 0.2) is 0 Å². The van der Waals surface area contributed by atoms with Gasteiger partial charge in [-0.25, -0.2) is 9.48 Å². The number of hydrogen-bond acceptors (Lipinski definition) is 4. The van der Waals surface area contributed by atoms with Crippen molar-refractivity contribution in [3.8, 4) is 5.69 Å². The number of amides is 2. The van der Waals surface area contributed by atoms with Crippen molar-refractivity contribution in [1.82, 2.24) is 9.36 Å². The van der Waals surface area contributed by atoms with Gasteiger partial charge in [-0.1, -0.05) is 30.3 Å². The third kappa shape index (κ3) is 3.43. The highest BCUT2D eigenvalue weighted by Gasteiger charge is 2.20. The third-order valence-corrected chi connectivity index (χ3v) is 4.14. The Morgan fingerprint density at radius 2 is 1.67 bits per heavy atom. The molecule has 0 saturated heterocycles. The summed E-state index contributed by atoms with van der Waals surface area (Å²) in [5.41, 5.74) is 0.689. The van der Waals surface area contributed by atoms with Crippen LogP contribution in [-0.2, 0) is 7.05 Å². The molecule has 0 radical (unpaired) electrons. The van der Waals surface area contributed by atoms with E-state index >= 15 is 0 Å². The molecular formula is C18H17N5O4. The Morgan fingerprint density at radius 3 is 2.33 bits per heavy atom. The molecule has 0 bridgehead atoms. The van der Waals surface area contributed by atoms with Gasteiger partial charge in [-0.2, -0.15) is 0 Å². The molecule has 2 N–H and O–H groups in total. The van der Waals surface area contributed by atoms with E-state index in [0.29, 0.717) is 11.4 Å². The molecule has 27 heavy (non-hydrogen) atoms. The largest absolute Gasteiger partial charge is 0.324 e. The van der Waals surface area contributed by atoms with E-state index in [0.717, 1.165) is 0 Å². The van der Waals surface area contributed by atoms with Crippen molar-refractivity contribution < 1.29 is 9.72 Å². The molecule has 0 aliphatic heterocycles. The molecule has 0 unspecified atom stereocenters. The maximum atomic E-state index is 12.8. The monoisotopic (exact) mass is 367 g/mol. The van der Waals surface area contributed by atoms with E-state index in [1.54, 1.807) is 49.0 Å². The van der Waals surface area contributed by atoms with E-state index in [2.05, 4.69) is 10.6 Å². The summed E-state index contributed by atoms with van der Waals surface area (Å²) in [5.74, 6) is 0. The molecule has 3 aromatic rings. The molecule has 9 nitrogen and oxygen atoms in total. The van der Waals surface area contributed by atoms with Crippen LogP contribution in [0.3, 0.4) is 0 Å². The van der Waals surface area contributed by atoms with Gasteiger partial charge in [-0.15, -0.1) is 0 Å². The van der Waals surface area contributed by atoms with Gasteiger partial charge in [0.2, 0.25) is 0 Å². The van der Waals surface area contributed by atoms with Crippen LogP contribution in [0.1, 0.15) is 5.69 Å². The highest BCUT2D eigenvalue weighted by molar-refractivity contribution is 6.01. The number of anilines is 2. The minimum atomic E-state index is -0.740. The molecule has 9 heteroatoms. The fourth-order valence-electron chi connectivity index (χ4n) is 2.72. The van der Waals surface area contributed by atoms with Crippen LogP contribution in [-0.4, -0.2) is 20.3 Å². The van der Waals surface area contributed by atoms with Gasteiger partial charge < -0.3 is 10.6 Å². The molecule has 1 aromatic heterocycles. The molecule has 0 atom stereocenters. The van der Waals surface area contributed by atoms with E-state index in [-0.39, 0.29) is 17.1 Å². The number of carbonyl (C=O) groups is 1. The number of urea groups is 1. The highest BCUT2D eigenvalue weighted by Crippen LogP contribution is 2.23. The predicted molar refractivity (Wildman–Crippen MR) is 101 cm³/mol. The second kappa shape index (κ2) is 7.16. The number of nitro benzene ring substituents is 1. The normalized spacial score (nSPS) is 10.4. The number of aromatic nitrogens is 2. The lowest BCUT2D eigenvalue weighted by Crippen LogP contribution is -2.25. The van der Waals surface area contributed by atoms with Crippen LogP contribution in [0.25, 0.3) is 5.69 Å². The van der Waals surface area contributed by atoms with E-state index < -0.39 is 16.5 Å². The molecule has 2 amide bonds. The first-order valence-electron chi connectivity index (χ1n) is 8.05. The molecule has 0 aliphatic carbocycles. The first kappa shape index (κ1) is 17.9. The number of carbonyl (C=O) groups excluding carboxylic acids is 1. The van der Waals surface area contributed by atoms with Crippen LogP contribution in [0.4, 0.5) is 21.9 Å². The molecule has 3 rings (SSSR count).